The van der Waals surface area contributed by atoms with Gasteiger partial charge in [0, 0.05) is 29.4 Å². The van der Waals surface area contributed by atoms with E-state index in [-0.39, 0.29) is 0 Å². The average molecular weight is 273 g/mol. The molecule has 2 heterocycles. The van der Waals surface area contributed by atoms with Gasteiger partial charge in [-0.15, -0.1) is 11.3 Å². The Morgan fingerprint density at radius 3 is 2.79 bits per heavy atom. The number of thiazole rings is 1. The van der Waals surface area contributed by atoms with Crippen molar-refractivity contribution in [3.05, 3.63) is 35.3 Å². The molecule has 3 rings (SSSR count). The van der Waals surface area contributed by atoms with Gasteiger partial charge in [0.05, 0.1) is 0 Å². The van der Waals surface area contributed by atoms with E-state index in [0.717, 1.165) is 29.2 Å². The van der Waals surface area contributed by atoms with Crippen LogP contribution in [0.1, 0.15) is 18.4 Å². The number of nitrogens with zero attached hydrogens (tertiary/aromatic N) is 2. The van der Waals surface area contributed by atoms with Crippen LogP contribution in [0.25, 0.3) is 10.6 Å². The molecule has 3 nitrogen and oxygen atoms in total. The molecule has 1 fully saturated rings. The van der Waals surface area contributed by atoms with E-state index >= 15 is 0 Å². The SMILES string of the molecule is Nc1cc(-c2nccs2)ccc1CCN1CCCC1. The second-order valence-corrected chi connectivity index (χ2v) is 5.94. The molecule has 19 heavy (non-hydrogen) atoms. The quantitative estimate of drug-likeness (QED) is 0.871. The molecule has 0 atom stereocenters. The third-order valence-corrected chi connectivity index (χ3v) is 4.54. The van der Waals surface area contributed by atoms with Gasteiger partial charge in [0.2, 0.25) is 0 Å². The lowest BCUT2D eigenvalue weighted by Gasteiger charge is -2.15. The fourth-order valence-electron chi connectivity index (χ4n) is 2.61. The first-order chi connectivity index (χ1) is 9.33. The van der Waals surface area contributed by atoms with Crippen molar-refractivity contribution in [2.45, 2.75) is 19.3 Å². The van der Waals surface area contributed by atoms with Crippen LogP contribution in [0, 0.1) is 0 Å². The predicted molar refractivity (Wildman–Crippen MR) is 81.3 cm³/mol. The van der Waals surface area contributed by atoms with Gasteiger partial charge in [-0.05, 0) is 44.0 Å². The molecular formula is C15H19N3S. The zero-order valence-corrected chi connectivity index (χ0v) is 11.8. The van der Waals surface area contributed by atoms with E-state index < -0.39 is 0 Å². The van der Waals surface area contributed by atoms with Gasteiger partial charge in [-0.2, -0.15) is 0 Å². The Labute approximate surface area is 118 Å². The molecule has 0 unspecified atom stereocenters. The number of rotatable bonds is 4. The number of benzene rings is 1. The molecule has 1 aromatic carbocycles. The van der Waals surface area contributed by atoms with Gasteiger partial charge in [0.25, 0.3) is 0 Å². The summed E-state index contributed by atoms with van der Waals surface area (Å²) in [6.45, 7) is 3.62. The molecule has 100 valence electrons. The Bertz CT molecular complexity index is 530. The molecule has 2 aromatic rings. The third-order valence-electron chi connectivity index (χ3n) is 3.72. The number of aromatic nitrogens is 1. The van der Waals surface area contributed by atoms with Crippen molar-refractivity contribution in [2.75, 3.05) is 25.4 Å². The standard InChI is InChI=1S/C15H19N3S/c16-14-11-13(15-17-6-10-19-15)4-3-12(14)5-9-18-7-1-2-8-18/h3-4,6,10-11H,1-2,5,7-9,16H2. The van der Waals surface area contributed by atoms with E-state index in [0.29, 0.717) is 0 Å². The summed E-state index contributed by atoms with van der Waals surface area (Å²) in [4.78, 5) is 6.84. The van der Waals surface area contributed by atoms with Crippen molar-refractivity contribution in [1.29, 1.82) is 0 Å². The minimum absolute atomic E-state index is 0.895. The molecule has 0 amide bonds. The van der Waals surface area contributed by atoms with Gasteiger partial charge in [-0.1, -0.05) is 12.1 Å². The normalized spacial score (nSPS) is 16.0. The van der Waals surface area contributed by atoms with Gasteiger partial charge in [0.15, 0.2) is 0 Å². The smallest absolute Gasteiger partial charge is 0.123 e. The molecule has 0 spiro atoms. The van der Waals surface area contributed by atoms with Crippen LogP contribution >= 0.6 is 11.3 Å². The Morgan fingerprint density at radius 1 is 1.26 bits per heavy atom. The fourth-order valence-corrected chi connectivity index (χ4v) is 3.24. The summed E-state index contributed by atoms with van der Waals surface area (Å²) in [6, 6.07) is 6.34. The topological polar surface area (TPSA) is 42.1 Å². The Balaban J connectivity index is 1.69. The molecule has 0 aliphatic carbocycles. The summed E-state index contributed by atoms with van der Waals surface area (Å²) < 4.78 is 0. The molecule has 2 N–H and O–H groups in total. The molecule has 1 aliphatic rings. The maximum absolute atomic E-state index is 6.17. The number of nitrogens with two attached hydrogens (primary N) is 1. The summed E-state index contributed by atoms with van der Waals surface area (Å²) in [5.41, 5.74) is 9.45. The fraction of sp³-hybridized carbons (Fsp3) is 0.400. The highest BCUT2D eigenvalue weighted by Crippen LogP contribution is 2.26. The van der Waals surface area contributed by atoms with Crippen LogP contribution < -0.4 is 5.73 Å². The van der Waals surface area contributed by atoms with Crippen molar-refractivity contribution in [3.63, 3.8) is 0 Å². The van der Waals surface area contributed by atoms with Crippen LogP contribution in [0.2, 0.25) is 0 Å². The Kier molecular flexibility index (Phi) is 3.80. The van der Waals surface area contributed by atoms with Crippen molar-refractivity contribution in [2.24, 2.45) is 0 Å². The minimum Gasteiger partial charge on any atom is -0.398 e. The second-order valence-electron chi connectivity index (χ2n) is 5.05. The molecular weight excluding hydrogens is 254 g/mol. The monoisotopic (exact) mass is 273 g/mol. The summed E-state index contributed by atoms with van der Waals surface area (Å²) in [7, 11) is 0. The second kappa shape index (κ2) is 5.72. The molecule has 1 aromatic heterocycles. The molecule has 0 saturated carbocycles. The van der Waals surface area contributed by atoms with Crippen LogP contribution in [0.5, 0.6) is 0 Å². The number of anilines is 1. The highest BCUT2D eigenvalue weighted by Gasteiger charge is 2.12. The van der Waals surface area contributed by atoms with Crippen LogP contribution in [-0.2, 0) is 6.42 Å². The molecule has 0 bridgehead atoms. The zero-order chi connectivity index (χ0) is 13.1. The van der Waals surface area contributed by atoms with Crippen molar-refractivity contribution >= 4 is 17.0 Å². The van der Waals surface area contributed by atoms with Gasteiger partial charge in [-0.25, -0.2) is 4.98 Å². The van der Waals surface area contributed by atoms with Crippen molar-refractivity contribution < 1.29 is 0 Å². The van der Waals surface area contributed by atoms with E-state index in [2.05, 4.69) is 28.1 Å². The Hall–Kier alpha value is -1.39. The molecule has 1 aliphatic heterocycles. The lowest BCUT2D eigenvalue weighted by Crippen LogP contribution is -2.22. The summed E-state index contributed by atoms with van der Waals surface area (Å²) in [5.74, 6) is 0. The summed E-state index contributed by atoms with van der Waals surface area (Å²) >= 11 is 1.65. The summed E-state index contributed by atoms with van der Waals surface area (Å²) in [5, 5.41) is 3.03. The predicted octanol–water partition coefficient (Wildman–Crippen LogP) is 3.03. The van der Waals surface area contributed by atoms with Gasteiger partial charge < -0.3 is 10.6 Å². The van der Waals surface area contributed by atoms with E-state index in [4.69, 9.17) is 5.73 Å². The number of hydrogen-bond acceptors (Lipinski definition) is 4. The van der Waals surface area contributed by atoms with Gasteiger partial charge in [-0.3, -0.25) is 0 Å². The van der Waals surface area contributed by atoms with E-state index in [1.165, 1.54) is 31.5 Å². The molecule has 1 saturated heterocycles. The Morgan fingerprint density at radius 2 is 2.11 bits per heavy atom. The first-order valence-electron chi connectivity index (χ1n) is 6.83. The van der Waals surface area contributed by atoms with E-state index in [9.17, 15) is 0 Å². The van der Waals surface area contributed by atoms with Gasteiger partial charge >= 0.3 is 0 Å². The van der Waals surface area contributed by atoms with Crippen LogP contribution in [0.15, 0.2) is 29.8 Å². The minimum atomic E-state index is 0.895. The molecule has 4 heteroatoms. The van der Waals surface area contributed by atoms with Crippen LogP contribution in [0.4, 0.5) is 5.69 Å². The van der Waals surface area contributed by atoms with Crippen LogP contribution in [-0.4, -0.2) is 29.5 Å². The molecule has 0 radical (unpaired) electrons. The van der Waals surface area contributed by atoms with Crippen LogP contribution in [0.3, 0.4) is 0 Å². The first-order valence-corrected chi connectivity index (χ1v) is 7.71. The maximum Gasteiger partial charge on any atom is 0.123 e. The van der Waals surface area contributed by atoms with Gasteiger partial charge in [0.1, 0.15) is 5.01 Å². The van der Waals surface area contributed by atoms with Crippen molar-refractivity contribution in [1.82, 2.24) is 9.88 Å². The van der Waals surface area contributed by atoms with E-state index in [1.807, 2.05) is 11.6 Å². The highest BCUT2D eigenvalue weighted by atomic mass is 32.1. The van der Waals surface area contributed by atoms with Crippen molar-refractivity contribution in [3.8, 4) is 10.6 Å². The number of nitrogen functional groups attached to an aromatic ring is 1. The number of likely N-dealkylation sites (tertiary alicyclic amines) is 1. The largest absolute Gasteiger partial charge is 0.398 e. The lowest BCUT2D eigenvalue weighted by atomic mass is 10.1. The first kappa shape index (κ1) is 12.6. The summed E-state index contributed by atoms with van der Waals surface area (Å²) in [6.07, 6.45) is 5.57. The lowest BCUT2D eigenvalue weighted by molar-refractivity contribution is 0.343. The van der Waals surface area contributed by atoms with E-state index in [1.54, 1.807) is 11.3 Å². The zero-order valence-electron chi connectivity index (χ0n) is 11.0. The number of hydrogen-bond donors (Lipinski definition) is 1. The average Bonchev–Trinajstić information content (AvgIpc) is 3.10. The maximum atomic E-state index is 6.17. The highest BCUT2D eigenvalue weighted by molar-refractivity contribution is 7.13. The third kappa shape index (κ3) is 2.96.